The molecule has 2 aliphatic rings. The standard InChI is InChI=1S/C26H31FN4O3/c1-26(2,3)34-25(33)31-15-20-12-19(17-32)4-6-21(20)24(16-31)30-10-8-29(9-11-30)23-7-5-18(14-28)13-22(23)27/h4-7,12-13,24,32H,8-11,15-17H2,1-3H3. The number of ether oxygens (including phenoxy) is 1. The third-order valence-corrected chi connectivity index (χ3v) is 6.33. The summed E-state index contributed by atoms with van der Waals surface area (Å²) in [7, 11) is 0. The number of nitriles is 1. The van der Waals surface area contributed by atoms with Crippen LogP contribution in [0.5, 0.6) is 0 Å². The van der Waals surface area contributed by atoms with Crippen molar-refractivity contribution in [1.29, 1.82) is 5.26 Å². The van der Waals surface area contributed by atoms with E-state index in [9.17, 15) is 14.3 Å². The number of amides is 1. The third kappa shape index (κ3) is 5.16. The normalized spacial score (nSPS) is 18.9. The Labute approximate surface area is 199 Å². The number of halogens is 1. The second kappa shape index (κ2) is 9.61. The highest BCUT2D eigenvalue weighted by molar-refractivity contribution is 5.69. The van der Waals surface area contributed by atoms with Gasteiger partial charge in [-0.2, -0.15) is 5.26 Å². The molecule has 1 N–H and O–H groups in total. The largest absolute Gasteiger partial charge is 0.444 e. The molecule has 1 unspecified atom stereocenters. The second-order valence-electron chi connectivity index (χ2n) is 9.87. The molecular weight excluding hydrogens is 435 g/mol. The van der Waals surface area contributed by atoms with Gasteiger partial charge in [0.1, 0.15) is 11.4 Å². The third-order valence-electron chi connectivity index (χ3n) is 6.33. The molecule has 4 rings (SSSR count). The zero-order chi connectivity index (χ0) is 24.5. The molecule has 34 heavy (non-hydrogen) atoms. The van der Waals surface area contributed by atoms with Gasteiger partial charge in [-0.05, 0) is 55.7 Å². The van der Waals surface area contributed by atoms with Crippen molar-refractivity contribution >= 4 is 11.8 Å². The van der Waals surface area contributed by atoms with Crippen LogP contribution in [0.1, 0.15) is 49.1 Å². The molecule has 1 amide bonds. The lowest BCUT2D eigenvalue weighted by atomic mass is 9.92. The first-order valence-corrected chi connectivity index (χ1v) is 11.6. The Balaban J connectivity index is 1.53. The number of anilines is 1. The van der Waals surface area contributed by atoms with Gasteiger partial charge in [0.05, 0.1) is 30.0 Å². The monoisotopic (exact) mass is 466 g/mol. The second-order valence-corrected chi connectivity index (χ2v) is 9.87. The Morgan fingerprint density at radius 3 is 2.53 bits per heavy atom. The van der Waals surface area contributed by atoms with E-state index < -0.39 is 5.60 Å². The molecule has 0 bridgehead atoms. The van der Waals surface area contributed by atoms with Crippen LogP contribution in [0.4, 0.5) is 14.9 Å². The lowest BCUT2D eigenvalue weighted by molar-refractivity contribution is 0.0130. The van der Waals surface area contributed by atoms with Crippen LogP contribution in [0.2, 0.25) is 0 Å². The fourth-order valence-electron chi connectivity index (χ4n) is 4.68. The predicted octanol–water partition coefficient (Wildman–Crippen LogP) is 3.80. The SMILES string of the molecule is CC(C)(C)OC(=O)N1Cc2cc(CO)ccc2C(N2CCN(c3ccc(C#N)cc3F)CC2)C1. The summed E-state index contributed by atoms with van der Waals surface area (Å²) in [6.07, 6.45) is -0.351. The molecule has 0 aromatic heterocycles. The highest BCUT2D eigenvalue weighted by Gasteiger charge is 2.35. The molecule has 0 aliphatic carbocycles. The number of aliphatic hydroxyl groups excluding tert-OH is 1. The van der Waals surface area contributed by atoms with Crippen LogP contribution < -0.4 is 4.90 Å². The van der Waals surface area contributed by atoms with Crippen LogP contribution in [-0.2, 0) is 17.9 Å². The molecule has 2 aromatic rings. The molecular formula is C26H31FN4O3. The topological polar surface area (TPSA) is 80.0 Å². The number of carbonyl (C=O) groups excluding carboxylic acids is 1. The van der Waals surface area contributed by atoms with Crippen LogP contribution >= 0.6 is 0 Å². The molecule has 2 aromatic carbocycles. The Bertz CT molecular complexity index is 1100. The molecule has 2 aliphatic heterocycles. The number of benzene rings is 2. The lowest BCUT2D eigenvalue weighted by Gasteiger charge is -2.44. The van der Waals surface area contributed by atoms with E-state index in [1.54, 1.807) is 17.0 Å². The minimum Gasteiger partial charge on any atom is -0.444 e. The van der Waals surface area contributed by atoms with Crippen molar-refractivity contribution in [3.8, 4) is 6.07 Å². The number of hydrogen-bond donors (Lipinski definition) is 1. The molecule has 1 saturated heterocycles. The van der Waals surface area contributed by atoms with Crippen LogP contribution in [-0.4, -0.2) is 59.3 Å². The van der Waals surface area contributed by atoms with Gasteiger partial charge in [-0.15, -0.1) is 0 Å². The maximum Gasteiger partial charge on any atom is 0.410 e. The van der Waals surface area contributed by atoms with Crippen LogP contribution in [0, 0.1) is 17.1 Å². The average Bonchev–Trinajstić information content (AvgIpc) is 2.82. The highest BCUT2D eigenvalue weighted by atomic mass is 19.1. The van der Waals surface area contributed by atoms with Gasteiger partial charge in [-0.25, -0.2) is 9.18 Å². The van der Waals surface area contributed by atoms with Crippen LogP contribution in [0.25, 0.3) is 0 Å². The van der Waals surface area contributed by atoms with Gasteiger partial charge in [0.2, 0.25) is 0 Å². The zero-order valence-electron chi connectivity index (χ0n) is 19.9. The maximum absolute atomic E-state index is 14.5. The van der Waals surface area contributed by atoms with Crippen molar-refractivity contribution in [1.82, 2.24) is 9.80 Å². The van der Waals surface area contributed by atoms with Gasteiger partial charge < -0.3 is 19.6 Å². The molecule has 0 radical (unpaired) electrons. The van der Waals surface area contributed by atoms with E-state index in [2.05, 4.69) is 4.90 Å². The van der Waals surface area contributed by atoms with E-state index in [-0.39, 0.29) is 24.6 Å². The zero-order valence-corrected chi connectivity index (χ0v) is 19.9. The molecule has 0 saturated carbocycles. The number of nitrogens with zero attached hydrogens (tertiary/aromatic N) is 4. The first-order valence-electron chi connectivity index (χ1n) is 11.6. The summed E-state index contributed by atoms with van der Waals surface area (Å²) in [5.74, 6) is -0.386. The van der Waals surface area contributed by atoms with Crippen molar-refractivity contribution in [2.24, 2.45) is 0 Å². The highest BCUT2D eigenvalue weighted by Crippen LogP contribution is 2.34. The molecule has 180 valence electrons. The number of fused-ring (bicyclic) bond motifs is 1. The van der Waals surface area contributed by atoms with Crippen molar-refractivity contribution < 1.29 is 19.0 Å². The summed E-state index contributed by atoms with van der Waals surface area (Å²) in [5, 5.41) is 18.6. The Morgan fingerprint density at radius 1 is 1.18 bits per heavy atom. The van der Waals surface area contributed by atoms with E-state index >= 15 is 0 Å². The van der Waals surface area contributed by atoms with Gasteiger partial charge in [-0.3, -0.25) is 4.90 Å². The molecule has 7 nitrogen and oxygen atoms in total. The number of rotatable bonds is 3. The summed E-state index contributed by atoms with van der Waals surface area (Å²) in [5.41, 5.74) is 3.19. The van der Waals surface area contributed by atoms with E-state index in [0.29, 0.717) is 50.5 Å². The van der Waals surface area contributed by atoms with Crippen molar-refractivity contribution in [2.75, 3.05) is 37.6 Å². The van der Waals surface area contributed by atoms with Gasteiger partial charge in [0.15, 0.2) is 0 Å². The van der Waals surface area contributed by atoms with E-state index in [1.807, 2.05) is 49.9 Å². The smallest absolute Gasteiger partial charge is 0.410 e. The predicted molar refractivity (Wildman–Crippen MR) is 127 cm³/mol. The van der Waals surface area contributed by atoms with E-state index in [4.69, 9.17) is 10.00 Å². The van der Waals surface area contributed by atoms with Crippen molar-refractivity contribution in [3.63, 3.8) is 0 Å². The molecule has 1 atom stereocenters. The van der Waals surface area contributed by atoms with Gasteiger partial charge in [0.25, 0.3) is 0 Å². The van der Waals surface area contributed by atoms with E-state index in [0.717, 1.165) is 16.7 Å². The first kappa shape index (κ1) is 24.0. The van der Waals surface area contributed by atoms with Crippen molar-refractivity contribution in [2.45, 2.75) is 45.6 Å². The van der Waals surface area contributed by atoms with E-state index in [1.165, 1.54) is 6.07 Å². The fraction of sp³-hybridized carbons (Fsp3) is 0.462. The number of carbonyl (C=O) groups is 1. The first-order chi connectivity index (χ1) is 16.2. The van der Waals surface area contributed by atoms with Gasteiger partial charge in [0, 0.05) is 39.3 Å². The van der Waals surface area contributed by atoms with Gasteiger partial charge in [-0.1, -0.05) is 18.2 Å². The molecule has 1 fully saturated rings. The molecule has 0 spiro atoms. The maximum atomic E-state index is 14.5. The Kier molecular flexibility index (Phi) is 6.78. The van der Waals surface area contributed by atoms with Crippen molar-refractivity contribution in [3.05, 3.63) is 64.5 Å². The number of aliphatic hydroxyl groups is 1. The quantitative estimate of drug-likeness (QED) is 0.741. The summed E-state index contributed by atoms with van der Waals surface area (Å²) < 4.78 is 20.2. The summed E-state index contributed by atoms with van der Waals surface area (Å²) >= 11 is 0. The minimum atomic E-state index is -0.587. The average molecular weight is 467 g/mol. The molecule has 8 heteroatoms. The summed E-state index contributed by atoms with van der Waals surface area (Å²) in [4.78, 5) is 18.9. The molecule has 2 heterocycles. The van der Waals surface area contributed by atoms with Crippen LogP contribution in [0.15, 0.2) is 36.4 Å². The van der Waals surface area contributed by atoms with Crippen LogP contribution in [0.3, 0.4) is 0 Å². The Hall–Kier alpha value is -3.15. The van der Waals surface area contributed by atoms with Gasteiger partial charge >= 0.3 is 6.09 Å². The minimum absolute atomic E-state index is 0.0167. The summed E-state index contributed by atoms with van der Waals surface area (Å²) in [6.45, 7) is 9.12. The lowest BCUT2D eigenvalue weighted by Crippen LogP contribution is -2.52. The number of piperazine rings is 1. The number of hydrogen-bond acceptors (Lipinski definition) is 6. The Morgan fingerprint density at radius 2 is 1.91 bits per heavy atom. The fourth-order valence-corrected chi connectivity index (χ4v) is 4.68. The summed E-state index contributed by atoms with van der Waals surface area (Å²) in [6, 6.07) is 12.5.